The van der Waals surface area contributed by atoms with Crippen LogP contribution in [0.2, 0.25) is 5.02 Å². The maximum Gasteiger partial charge on any atom is 0.317 e. The molecule has 1 atom stereocenters. The number of benzene rings is 1. The van der Waals surface area contributed by atoms with Gasteiger partial charge in [-0.05, 0) is 57.1 Å². The first-order valence-corrected chi connectivity index (χ1v) is 9.13. The predicted octanol–water partition coefficient (Wildman–Crippen LogP) is 2.48. The Balaban J connectivity index is 1.60. The Hall–Kier alpha value is -1.50. The van der Waals surface area contributed by atoms with Crippen molar-refractivity contribution in [3.05, 3.63) is 22.7 Å². The van der Waals surface area contributed by atoms with Gasteiger partial charge in [-0.15, -0.1) is 0 Å². The summed E-state index contributed by atoms with van der Waals surface area (Å²) in [6.07, 6.45) is 3.07. The molecule has 1 fully saturated rings. The average Bonchev–Trinajstić information content (AvgIpc) is 2.80. The molecule has 1 saturated heterocycles. The van der Waals surface area contributed by atoms with Crippen LogP contribution >= 0.6 is 11.6 Å². The predicted molar refractivity (Wildman–Crippen MR) is 95.6 cm³/mol. The summed E-state index contributed by atoms with van der Waals surface area (Å²) < 4.78 is 11.2. The van der Waals surface area contributed by atoms with Gasteiger partial charge in [0.05, 0.1) is 11.6 Å². The number of halogens is 1. The van der Waals surface area contributed by atoms with Gasteiger partial charge in [0, 0.05) is 12.6 Å². The molecule has 3 rings (SSSR count). The van der Waals surface area contributed by atoms with Crippen LogP contribution in [0.5, 0.6) is 11.5 Å². The van der Waals surface area contributed by atoms with E-state index in [1.165, 1.54) is 0 Å². The van der Waals surface area contributed by atoms with E-state index in [9.17, 15) is 4.79 Å². The largest absolute Gasteiger partial charge is 0.486 e. The highest BCUT2D eigenvalue weighted by atomic mass is 35.5. The fourth-order valence-corrected chi connectivity index (χ4v) is 3.88. The van der Waals surface area contributed by atoms with Gasteiger partial charge in [-0.25, -0.2) is 0 Å². The van der Waals surface area contributed by atoms with E-state index in [2.05, 4.69) is 4.90 Å². The SMILES string of the molecule is CN(CC(=O)O)C1CCCN(Cc2cc(Cl)c3c(c2)OCCO3)CC1. The van der Waals surface area contributed by atoms with Gasteiger partial charge in [0.25, 0.3) is 0 Å². The van der Waals surface area contributed by atoms with Gasteiger partial charge in [0.15, 0.2) is 11.5 Å². The van der Waals surface area contributed by atoms with Crippen molar-refractivity contribution < 1.29 is 19.4 Å². The summed E-state index contributed by atoms with van der Waals surface area (Å²) in [6, 6.07) is 4.29. The van der Waals surface area contributed by atoms with Crippen LogP contribution in [0.3, 0.4) is 0 Å². The molecule has 2 heterocycles. The van der Waals surface area contributed by atoms with Crippen LogP contribution in [0, 0.1) is 0 Å². The zero-order valence-corrected chi connectivity index (χ0v) is 15.3. The van der Waals surface area contributed by atoms with Crippen LogP contribution in [0.1, 0.15) is 24.8 Å². The van der Waals surface area contributed by atoms with Crippen LogP contribution in [-0.2, 0) is 11.3 Å². The van der Waals surface area contributed by atoms with Crippen LogP contribution in [0.15, 0.2) is 12.1 Å². The Kier molecular flexibility index (Phi) is 6.04. The number of carbonyl (C=O) groups is 1. The first-order valence-electron chi connectivity index (χ1n) is 8.75. The normalized spacial score (nSPS) is 21.2. The Bertz CT molecular complexity index is 625. The third-order valence-corrected chi connectivity index (χ3v) is 5.14. The van der Waals surface area contributed by atoms with Crippen molar-refractivity contribution in [3.63, 3.8) is 0 Å². The number of ether oxygens (including phenoxy) is 2. The lowest BCUT2D eigenvalue weighted by Crippen LogP contribution is -2.36. The standard InChI is InChI=1S/C18H25ClN2O4/c1-20(12-17(22)23)14-3-2-5-21(6-4-14)11-13-9-15(19)18-16(10-13)24-7-8-25-18/h9-10,14H,2-8,11-12H2,1H3,(H,22,23). The first kappa shape index (κ1) is 18.3. The number of hydrogen-bond acceptors (Lipinski definition) is 5. The number of carboxylic acid groups (broad SMARTS) is 1. The topological polar surface area (TPSA) is 62.2 Å². The number of likely N-dealkylation sites (tertiary alicyclic amines) is 1. The average molecular weight is 369 g/mol. The van der Waals surface area contributed by atoms with Gasteiger partial charge >= 0.3 is 5.97 Å². The molecule has 2 aliphatic heterocycles. The van der Waals surface area contributed by atoms with E-state index in [0.29, 0.717) is 30.0 Å². The van der Waals surface area contributed by atoms with E-state index in [0.717, 1.165) is 50.2 Å². The van der Waals surface area contributed by atoms with Crippen molar-refractivity contribution in [1.82, 2.24) is 9.80 Å². The molecule has 0 aliphatic carbocycles. The molecular formula is C18H25ClN2O4. The first-order chi connectivity index (χ1) is 12.0. The monoisotopic (exact) mass is 368 g/mol. The van der Waals surface area contributed by atoms with Crippen molar-refractivity contribution >= 4 is 17.6 Å². The Morgan fingerprint density at radius 1 is 1.32 bits per heavy atom. The fourth-order valence-electron chi connectivity index (χ4n) is 3.59. The highest BCUT2D eigenvalue weighted by Crippen LogP contribution is 2.38. The summed E-state index contributed by atoms with van der Waals surface area (Å²) >= 11 is 6.32. The third-order valence-electron chi connectivity index (χ3n) is 4.86. The minimum absolute atomic E-state index is 0.0996. The van der Waals surface area contributed by atoms with E-state index in [1.54, 1.807) is 0 Å². The second-order valence-electron chi connectivity index (χ2n) is 6.77. The van der Waals surface area contributed by atoms with Crippen LogP contribution < -0.4 is 9.47 Å². The summed E-state index contributed by atoms with van der Waals surface area (Å²) in [4.78, 5) is 15.3. The summed E-state index contributed by atoms with van der Waals surface area (Å²) in [5.74, 6) is 0.597. The number of hydrogen-bond donors (Lipinski definition) is 1. The lowest BCUT2D eigenvalue weighted by atomic mass is 10.1. The smallest absolute Gasteiger partial charge is 0.317 e. The molecule has 138 valence electrons. The quantitative estimate of drug-likeness (QED) is 0.861. The van der Waals surface area contributed by atoms with Crippen molar-refractivity contribution in [2.24, 2.45) is 0 Å². The van der Waals surface area contributed by atoms with Gasteiger partial charge < -0.3 is 14.6 Å². The van der Waals surface area contributed by atoms with Crippen molar-refractivity contribution in [2.45, 2.75) is 31.8 Å². The summed E-state index contributed by atoms with van der Waals surface area (Å²) in [7, 11) is 1.90. The molecule has 0 aromatic heterocycles. The molecular weight excluding hydrogens is 344 g/mol. The summed E-state index contributed by atoms with van der Waals surface area (Å²) in [5, 5.41) is 9.57. The summed E-state index contributed by atoms with van der Waals surface area (Å²) in [5.41, 5.74) is 1.12. The van der Waals surface area contributed by atoms with E-state index in [-0.39, 0.29) is 6.54 Å². The maximum atomic E-state index is 10.9. The number of rotatable bonds is 5. The second kappa shape index (κ2) is 8.25. The minimum atomic E-state index is -0.769. The zero-order valence-electron chi connectivity index (χ0n) is 14.5. The molecule has 7 heteroatoms. The van der Waals surface area contributed by atoms with Crippen molar-refractivity contribution in [2.75, 3.05) is 39.9 Å². The number of aliphatic carboxylic acids is 1. The number of fused-ring (bicyclic) bond motifs is 1. The molecule has 1 N–H and O–H groups in total. The number of nitrogens with zero attached hydrogens (tertiary/aromatic N) is 2. The highest BCUT2D eigenvalue weighted by Gasteiger charge is 2.23. The Morgan fingerprint density at radius 2 is 2.12 bits per heavy atom. The molecule has 0 saturated carbocycles. The molecule has 6 nitrogen and oxygen atoms in total. The minimum Gasteiger partial charge on any atom is -0.486 e. The van der Waals surface area contributed by atoms with Gasteiger partial charge in [0.1, 0.15) is 13.2 Å². The van der Waals surface area contributed by atoms with Gasteiger partial charge in [-0.3, -0.25) is 14.6 Å². The van der Waals surface area contributed by atoms with Gasteiger partial charge in [0.2, 0.25) is 0 Å². The summed E-state index contributed by atoms with van der Waals surface area (Å²) in [6.45, 7) is 3.94. The molecule has 0 amide bonds. The molecule has 0 radical (unpaired) electrons. The molecule has 1 aromatic carbocycles. The van der Waals surface area contributed by atoms with Crippen LogP contribution in [0.4, 0.5) is 0 Å². The molecule has 25 heavy (non-hydrogen) atoms. The van der Waals surface area contributed by atoms with Crippen LogP contribution in [-0.4, -0.2) is 66.8 Å². The molecule has 0 spiro atoms. The van der Waals surface area contributed by atoms with E-state index in [1.807, 2.05) is 24.1 Å². The lowest BCUT2D eigenvalue weighted by Gasteiger charge is -2.26. The van der Waals surface area contributed by atoms with E-state index < -0.39 is 5.97 Å². The fraction of sp³-hybridized carbons (Fsp3) is 0.611. The molecule has 1 unspecified atom stereocenters. The Morgan fingerprint density at radius 3 is 2.92 bits per heavy atom. The van der Waals surface area contributed by atoms with Crippen molar-refractivity contribution in [3.8, 4) is 11.5 Å². The van der Waals surface area contributed by atoms with E-state index >= 15 is 0 Å². The zero-order chi connectivity index (χ0) is 17.8. The highest BCUT2D eigenvalue weighted by molar-refractivity contribution is 6.32. The second-order valence-corrected chi connectivity index (χ2v) is 7.18. The number of likely N-dealkylation sites (N-methyl/N-ethyl adjacent to an activating group) is 1. The molecule has 1 aromatic rings. The lowest BCUT2D eigenvalue weighted by molar-refractivity contribution is -0.138. The Labute approximate surface area is 153 Å². The van der Waals surface area contributed by atoms with E-state index in [4.69, 9.17) is 26.2 Å². The number of carboxylic acids is 1. The van der Waals surface area contributed by atoms with Gasteiger partial charge in [-0.2, -0.15) is 0 Å². The molecule has 2 aliphatic rings. The van der Waals surface area contributed by atoms with Crippen molar-refractivity contribution in [1.29, 1.82) is 0 Å². The molecule has 0 bridgehead atoms. The third kappa shape index (κ3) is 4.77. The van der Waals surface area contributed by atoms with Crippen LogP contribution in [0.25, 0.3) is 0 Å². The maximum absolute atomic E-state index is 10.9. The van der Waals surface area contributed by atoms with Gasteiger partial charge in [-0.1, -0.05) is 11.6 Å².